The Balaban J connectivity index is 2.33. The molecule has 4 nitrogen and oxygen atoms in total. The van der Waals surface area contributed by atoms with Crippen molar-refractivity contribution < 1.29 is 4.79 Å². The number of nitrogens with two attached hydrogens (primary N) is 2. The number of hydrogen-bond acceptors (Lipinski definition) is 3. The van der Waals surface area contributed by atoms with Crippen LogP contribution < -0.4 is 16.8 Å². The quantitative estimate of drug-likeness (QED) is 0.737. The van der Waals surface area contributed by atoms with Gasteiger partial charge in [-0.05, 0) is 30.9 Å². The van der Waals surface area contributed by atoms with Crippen LogP contribution in [-0.2, 0) is 0 Å². The van der Waals surface area contributed by atoms with E-state index in [1.54, 1.807) is 12.1 Å². The molecule has 0 radical (unpaired) electrons. The number of halogens is 1. The first-order valence-electron chi connectivity index (χ1n) is 6.14. The van der Waals surface area contributed by atoms with Gasteiger partial charge in [0.2, 0.25) is 0 Å². The van der Waals surface area contributed by atoms with E-state index in [1.165, 1.54) is 12.8 Å². The van der Waals surface area contributed by atoms with Crippen molar-refractivity contribution in [3.63, 3.8) is 0 Å². The van der Waals surface area contributed by atoms with Gasteiger partial charge in [-0.1, -0.05) is 24.9 Å². The van der Waals surface area contributed by atoms with Crippen molar-refractivity contribution in [2.45, 2.75) is 32.2 Å². The summed E-state index contributed by atoms with van der Waals surface area (Å²) in [6.07, 6.45) is 3.47. The van der Waals surface area contributed by atoms with Crippen molar-refractivity contribution in [3.05, 3.63) is 22.7 Å². The average Bonchev–Trinajstić information content (AvgIpc) is 2.67. The Morgan fingerprint density at radius 2 is 2.17 bits per heavy atom. The summed E-state index contributed by atoms with van der Waals surface area (Å²) in [6, 6.07) is 3.54. The molecule has 1 fully saturated rings. The van der Waals surface area contributed by atoms with Crippen LogP contribution in [0.3, 0.4) is 0 Å². The fourth-order valence-corrected chi connectivity index (χ4v) is 2.80. The molecule has 5 N–H and O–H groups in total. The Bertz CT molecular complexity index is 476. The number of primary amides is 1. The minimum Gasteiger partial charge on any atom is -0.399 e. The third kappa shape index (κ3) is 2.53. The lowest BCUT2D eigenvalue weighted by Gasteiger charge is -2.21. The van der Waals surface area contributed by atoms with Gasteiger partial charge in [0.15, 0.2) is 0 Å². The Kier molecular flexibility index (Phi) is 3.66. The van der Waals surface area contributed by atoms with Crippen molar-refractivity contribution in [2.75, 3.05) is 11.1 Å². The highest BCUT2D eigenvalue weighted by Crippen LogP contribution is 2.34. The van der Waals surface area contributed by atoms with Crippen LogP contribution in [0.2, 0.25) is 5.02 Å². The minimum atomic E-state index is -0.516. The first kappa shape index (κ1) is 13.0. The van der Waals surface area contributed by atoms with Crippen LogP contribution in [0.1, 0.15) is 36.5 Å². The van der Waals surface area contributed by atoms with E-state index in [4.69, 9.17) is 23.1 Å². The standard InChI is InChI=1S/C13H18ClN3O/c1-7-3-2-4-11(7)17-12-9(13(16)18)5-8(15)6-10(12)14/h5-7,11,17H,2-4,15H2,1H3,(H2,16,18). The van der Waals surface area contributed by atoms with E-state index in [1.807, 2.05) is 0 Å². The summed E-state index contributed by atoms with van der Waals surface area (Å²) < 4.78 is 0. The lowest BCUT2D eigenvalue weighted by Crippen LogP contribution is -2.24. The number of nitrogen functional groups attached to an aromatic ring is 1. The summed E-state index contributed by atoms with van der Waals surface area (Å²) in [6.45, 7) is 2.19. The maximum atomic E-state index is 11.4. The second-order valence-electron chi connectivity index (χ2n) is 4.95. The molecule has 18 heavy (non-hydrogen) atoms. The maximum absolute atomic E-state index is 11.4. The van der Waals surface area contributed by atoms with E-state index in [0.29, 0.717) is 33.9 Å². The molecule has 1 saturated carbocycles. The number of carbonyl (C=O) groups excluding carboxylic acids is 1. The highest BCUT2D eigenvalue weighted by Gasteiger charge is 2.25. The minimum absolute atomic E-state index is 0.337. The van der Waals surface area contributed by atoms with Crippen LogP contribution in [0, 0.1) is 5.92 Å². The summed E-state index contributed by atoms with van der Waals surface area (Å²) in [5, 5.41) is 3.79. The van der Waals surface area contributed by atoms with Crippen molar-refractivity contribution in [3.8, 4) is 0 Å². The van der Waals surface area contributed by atoms with Crippen molar-refractivity contribution in [1.82, 2.24) is 0 Å². The van der Waals surface area contributed by atoms with Crippen LogP contribution in [0.4, 0.5) is 11.4 Å². The Morgan fingerprint density at radius 3 is 2.72 bits per heavy atom. The molecule has 0 bridgehead atoms. The number of carbonyl (C=O) groups is 1. The molecule has 1 aliphatic rings. The first-order chi connectivity index (χ1) is 8.49. The van der Waals surface area contributed by atoms with E-state index in [2.05, 4.69) is 12.2 Å². The van der Waals surface area contributed by atoms with Gasteiger partial charge in [0.1, 0.15) is 0 Å². The Morgan fingerprint density at radius 1 is 1.44 bits per heavy atom. The number of benzene rings is 1. The molecule has 0 aliphatic heterocycles. The molecular formula is C13H18ClN3O. The average molecular weight is 268 g/mol. The molecule has 1 aliphatic carbocycles. The highest BCUT2D eigenvalue weighted by molar-refractivity contribution is 6.34. The smallest absolute Gasteiger partial charge is 0.250 e. The van der Waals surface area contributed by atoms with Gasteiger partial charge in [-0.3, -0.25) is 4.79 Å². The Hall–Kier alpha value is -1.42. The van der Waals surface area contributed by atoms with Crippen molar-refractivity contribution >= 4 is 28.9 Å². The largest absolute Gasteiger partial charge is 0.399 e. The second kappa shape index (κ2) is 5.06. The molecule has 0 spiro atoms. The van der Waals surface area contributed by atoms with Gasteiger partial charge < -0.3 is 16.8 Å². The third-order valence-electron chi connectivity index (χ3n) is 3.57. The van der Waals surface area contributed by atoms with Crippen LogP contribution in [-0.4, -0.2) is 11.9 Å². The van der Waals surface area contributed by atoms with Crippen LogP contribution >= 0.6 is 11.6 Å². The molecule has 98 valence electrons. The van der Waals surface area contributed by atoms with Gasteiger partial charge in [-0.15, -0.1) is 0 Å². The van der Waals surface area contributed by atoms with E-state index in [-0.39, 0.29) is 0 Å². The van der Waals surface area contributed by atoms with E-state index >= 15 is 0 Å². The van der Waals surface area contributed by atoms with Gasteiger partial charge in [0.05, 0.1) is 16.3 Å². The molecule has 1 aromatic carbocycles. The number of hydrogen-bond donors (Lipinski definition) is 3. The zero-order valence-electron chi connectivity index (χ0n) is 10.4. The van der Waals surface area contributed by atoms with Crippen molar-refractivity contribution in [1.29, 1.82) is 0 Å². The van der Waals surface area contributed by atoms with Crippen LogP contribution in [0.15, 0.2) is 12.1 Å². The fraction of sp³-hybridized carbons (Fsp3) is 0.462. The van der Waals surface area contributed by atoms with Gasteiger partial charge >= 0.3 is 0 Å². The van der Waals surface area contributed by atoms with Gasteiger partial charge in [0, 0.05) is 11.7 Å². The molecule has 1 aromatic rings. The summed E-state index contributed by atoms with van der Waals surface area (Å²) in [4.78, 5) is 11.4. The SMILES string of the molecule is CC1CCCC1Nc1c(Cl)cc(N)cc1C(N)=O. The second-order valence-corrected chi connectivity index (χ2v) is 5.36. The molecule has 2 atom stereocenters. The molecule has 5 heteroatoms. The van der Waals surface area contributed by atoms with E-state index in [0.717, 1.165) is 6.42 Å². The van der Waals surface area contributed by atoms with Crippen molar-refractivity contribution in [2.24, 2.45) is 11.7 Å². The summed E-state index contributed by atoms with van der Waals surface area (Å²) in [5.74, 6) is 0.0525. The number of anilines is 2. The number of nitrogens with one attached hydrogen (secondary N) is 1. The van der Waals surface area contributed by atoms with Crippen LogP contribution in [0.5, 0.6) is 0 Å². The van der Waals surface area contributed by atoms with E-state index in [9.17, 15) is 4.79 Å². The number of amides is 1. The molecule has 2 rings (SSSR count). The lowest BCUT2D eigenvalue weighted by molar-refractivity contribution is 0.100. The zero-order valence-corrected chi connectivity index (χ0v) is 11.1. The van der Waals surface area contributed by atoms with Gasteiger partial charge in [0.25, 0.3) is 5.91 Å². The van der Waals surface area contributed by atoms with Gasteiger partial charge in [-0.2, -0.15) is 0 Å². The number of rotatable bonds is 3. The van der Waals surface area contributed by atoms with Crippen LogP contribution in [0.25, 0.3) is 0 Å². The molecule has 0 saturated heterocycles. The lowest BCUT2D eigenvalue weighted by atomic mass is 10.0. The zero-order chi connectivity index (χ0) is 13.3. The molecule has 0 heterocycles. The summed E-state index contributed by atoms with van der Waals surface area (Å²) >= 11 is 6.15. The summed E-state index contributed by atoms with van der Waals surface area (Å²) in [5.41, 5.74) is 12.5. The molecule has 1 amide bonds. The first-order valence-corrected chi connectivity index (χ1v) is 6.52. The van der Waals surface area contributed by atoms with E-state index < -0.39 is 5.91 Å². The molecule has 0 aromatic heterocycles. The normalized spacial score (nSPS) is 23.0. The highest BCUT2D eigenvalue weighted by atomic mass is 35.5. The Labute approximate surface area is 112 Å². The molecule has 2 unspecified atom stereocenters. The predicted octanol–water partition coefficient (Wildman–Crippen LogP) is 2.62. The molecular weight excluding hydrogens is 250 g/mol. The summed E-state index contributed by atoms with van der Waals surface area (Å²) in [7, 11) is 0. The topological polar surface area (TPSA) is 81.1 Å². The fourth-order valence-electron chi connectivity index (χ4n) is 2.51. The monoisotopic (exact) mass is 267 g/mol. The maximum Gasteiger partial charge on any atom is 0.250 e. The third-order valence-corrected chi connectivity index (χ3v) is 3.87. The predicted molar refractivity (Wildman–Crippen MR) is 74.8 cm³/mol. The van der Waals surface area contributed by atoms with Gasteiger partial charge in [-0.25, -0.2) is 0 Å².